The number of carbonyl (C=O) groups excluding carboxylic acids is 1. The number of nitrogens with one attached hydrogen (secondary N) is 1. The second kappa shape index (κ2) is 8.75. The van der Waals surface area contributed by atoms with E-state index in [9.17, 15) is 4.79 Å². The summed E-state index contributed by atoms with van der Waals surface area (Å²) in [5.74, 6) is 1.13. The van der Waals surface area contributed by atoms with Gasteiger partial charge in [0, 0.05) is 18.8 Å². The number of nitrogens with zero attached hydrogens (tertiary/aromatic N) is 4. The third-order valence-corrected chi connectivity index (χ3v) is 6.94. The summed E-state index contributed by atoms with van der Waals surface area (Å²) in [6, 6.07) is 14.6. The fourth-order valence-electron chi connectivity index (χ4n) is 4.37. The number of hydrogen-bond donors (Lipinski definition) is 1. The number of benzene rings is 2. The first-order valence-corrected chi connectivity index (χ1v) is 12.0. The van der Waals surface area contributed by atoms with E-state index < -0.39 is 0 Å². The Morgan fingerprint density at radius 3 is 2.58 bits per heavy atom. The Morgan fingerprint density at radius 2 is 1.77 bits per heavy atom. The first-order chi connectivity index (χ1) is 15.2. The molecule has 1 fully saturated rings. The van der Waals surface area contributed by atoms with Crippen LogP contribution in [-0.2, 0) is 17.6 Å². The molecule has 2 aliphatic rings. The number of anilines is 2. The zero-order chi connectivity index (χ0) is 21.2. The maximum Gasteiger partial charge on any atom is 0.234 e. The number of amides is 1. The molecule has 2 aromatic carbocycles. The molecule has 6 nitrogen and oxygen atoms in total. The molecule has 1 aliphatic heterocycles. The average molecular weight is 434 g/mol. The number of carbonyl (C=O) groups is 1. The monoisotopic (exact) mass is 433 g/mol. The molecule has 31 heavy (non-hydrogen) atoms. The molecular weight excluding hydrogens is 406 g/mol. The quantitative estimate of drug-likeness (QED) is 0.584. The Labute approximate surface area is 187 Å². The van der Waals surface area contributed by atoms with Gasteiger partial charge in [-0.2, -0.15) is 0 Å². The van der Waals surface area contributed by atoms with Crippen LogP contribution in [0.2, 0.25) is 0 Å². The van der Waals surface area contributed by atoms with Crippen LogP contribution in [0.3, 0.4) is 0 Å². The molecule has 5 rings (SSSR count). The van der Waals surface area contributed by atoms with Crippen LogP contribution in [0.15, 0.2) is 47.6 Å². The lowest BCUT2D eigenvalue weighted by molar-refractivity contribution is -0.113. The second-order valence-electron chi connectivity index (χ2n) is 8.32. The van der Waals surface area contributed by atoms with Crippen LogP contribution < -0.4 is 10.2 Å². The molecule has 7 heteroatoms. The van der Waals surface area contributed by atoms with Crippen molar-refractivity contribution in [3.05, 3.63) is 59.2 Å². The largest absolute Gasteiger partial charge is 0.341 e. The number of hydrogen-bond acceptors (Lipinski definition) is 5. The number of rotatable bonds is 6. The van der Waals surface area contributed by atoms with Crippen LogP contribution in [0.1, 0.15) is 36.0 Å². The number of aryl methyl sites for hydroxylation is 3. The van der Waals surface area contributed by atoms with Gasteiger partial charge in [0.05, 0.1) is 11.4 Å². The van der Waals surface area contributed by atoms with Crippen LogP contribution in [0.4, 0.5) is 11.6 Å². The Morgan fingerprint density at radius 1 is 1.00 bits per heavy atom. The van der Waals surface area contributed by atoms with Gasteiger partial charge >= 0.3 is 0 Å². The van der Waals surface area contributed by atoms with E-state index in [0.29, 0.717) is 5.75 Å². The fraction of sp³-hybridized carbons (Fsp3) is 0.375. The summed E-state index contributed by atoms with van der Waals surface area (Å²) in [6.07, 6.45) is 5.80. The smallest absolute Gasteiger partial charge is 0.234 e. The van der Waals surface area contributed by atoms with Gasteiger partial charge in [0.2, 0.25) is 11.9 Å². The lowest BCUT2D eigenvalue weighted by Crippen LogP contribution is -2.22. The molecule has 160 valence electrons. The topological polar surface area (TPSA) is 63.1 Å². The van der Waals surface area contributed by atoms with E-state index in [1.54, 1.807) is 0 Å². The van der Waals surface area contributed by atoms with Crippen LogP contribution in [-0.4, -0.2) is 39.5 Å². The van der Waals surface area contributed by atoms with E-state index in [2.05, 4.69) is 68.3 Å². The highest BCUT2D eigenvalue weighted by molar-refractivity contribution is 7.99. The van der Waals surface area contributed by atoms with Gasteiger partial charge in [-0.1, -0.05) is 35.5 Å². The Balaban J connectivity index is 1.32. The third kappa shape index (κ3) is 4.32. The molecular formula is C24H27N5OS. The summed E-state index contributed by atoms with van der Waals surface area (Å²) < 4.78 is 2.08. The standard InChI is InChI=1S/C24H27N5OS/c1-17-7-11-21(12-8-17)29-23(28-13-2-3-14-28)26-27-24(29)31-16-22(30)25-20-10-9-18-5-4-6-19(18)15-20/h7-12,15H,2-6,13-14,16H2,1H3,(H,25,30). The summed E-state index contributed by atoms with van der Waals surface area (Å²) in [7, 11) is 0. The molecule has 2 heterocycles. The van der Waals surface area contributed by atoms with E-state index in [0.717, 1.165) is 48.4 Å². The van der Waals surface area contributed by atoms with Crippen LogP contribution in [0.5, 0.6) is 0 Å². The van der Waals surface area contributed by atoms with E-state index in [-0.39, 0.29) is 5.91 Å². The Kier molecular flexibility index (Phi) is 5.68. The van der Waals surface area contributed by atoms with Crippen molar-refractivity contribution in [2.45, 2.75) is 44.2 Å². The molecule has 0 unspecified atom stereocenters. The molecule has 1 amide bonds. The molecule has 0 saturated carbocycles. The molecule has 1 aromatic heterocycles. The summed E-state index contributed by atoms with van der Waals surface area (Å²) in [6.45, 7) is 4.07. The predicted molar refractivity (Wildman–Crippen MR) is 125 cm³/mol. The highest BCUT2D eigenvalue weighted by Crippen LogP contribution is 2.29. The van der Waals surface area contributed by atoms with Gasteiger partial charge in [-0.15, -0.1) is 10.2 Å². The number of thioether (sulfide) groups is 1. The number of fused-ring (bicyclic) bond motifs is 1. The van der Waals surface area contributed by atoms with E-state index in [1.165, 1.54) is 47.7 Å². The lowest BCUT2D eigenvalue weighted by atomic mass is 10.1. The van der Waals surface area contributed by atoms with Gasteiger partial charge in [-0.25, -0.2) is 0 Å². The number of aromatic nitrogens is 3. The molecule has 0 atom stereocenters. The molecule has 1 saturated heterocycles. The van der Waals surface area contributed by atoms with Gasteiger partial charge in [0.1, 0.15) is 0 Å². The molecule has 0 spiro atoms. The highest BCUT2D eigenvalue weighted by atomic mass is 32.2. The summed E-state index contributed by atoms with van der Waals surface area (Å²) in [5, 5.41) is 12.7. The first kappa shape index (κ1) is 20.1. The van der Waals surface area contributed by atoms with Crippen LogP contribution >= 0.6 is 11.8 Å². The zero-order valence-corrected chi connectivity index (χ0v) is 18.6. The molecule has 0 bridgehead atoms. The van der Waals surface area contributed by atoms with Crippen molar-refractivity contribution in [3.8, 4) is 5.69 Å². The van der Waals surface area contributed by atoms with E-state index in [4.69, 9.17) is 0 Å². The Hall–Kier alpha value is -2.80. The van der Waals surface area contributed by atoms with Gasteiger partial charge in [0.15, 0.2) is 5.16 Å². The maximum atomic E-state index is 12.6. The fourth-order valence-corrected chi connectivity index (χ4v) is 5.12. The average Bonchev–Trinajstić information content (AvgIpc) is 3.52. The first-order valence-electron chi connectivity index (χ1n) is 11.0. The van der Waals surface area contributed by atoms with Crippen LogP contribution in [0.25, 0.3) is 5.69 Å². The SMILES string of the molecule is Cc1ccc(-n2c(SCC(=O)Nc3ccc4c(c3)CCC4)nnc2N2CCCC2)cc1. The minimum absolute atomic E-state index is 0.0240. The summed E-state index contributed by atoms with van der Waals surface area (Å²) in [4.78, 5) is 14.9. The van der Waals surface area contributed by atoms with Crippen molar-refractivity contribution in [3.63, 3.8) is 0 Å². The summed E-state index contributed by atoms with van der Waals surface area (Å²) in [5.41, 5.74) is 5.89. The van der Waals surface area contributed by atoms with Gasteiger partial charge in [0.25, 0.3) is 0 Å². The van der Waals surface area contributed by atoms with E-state index in [1.807, 2.05) is 6.07 Å². The van der Waals surface area contributed by atoms with Crippen molar-refractivity contribution in [1.82, 2.24) is 14.8 Å². The van der Waals surface area contributed by atoms with Crippen LogP contribution in [0, 0.1) is 6.92 Å². The predicted octanol–water partition coefficient (Wildman–Crippen LogP) is 4.40. The highest BCUT2D eigenvalue weighted by Gasteiger charge is 2.23. The van der Waals surface area contributed by atoms with Crippen molar-refractivity contribution in [1.29, 1.82) is 0 Å². The van der Waals surface area contributed by atoms with Gasteiger partial charge in [-0.05, 0) is 74.4 Å². The minimum Gasteiger partial charge on any atom is -0.341 e. The van der Waals surface area contributed by atoms with E-state index >= 15 is 0 Å². The lowest BCUT2D eigenvalue weighted by Gasteiger charge is -2.18. The van der Waals surface area contributed by atoms with Crippen molar-refractivity contribution >= 4 is 29.3 Å². The normalized spacial score (nSPS) is 15.3. The third-order valence-electron chi connectivity index (χ3n) is 6.01. The van der Waals surface area contributed by atoms with Gasteiger partial charge < -0.3 is 10.2 Å². The second-order valence-corrected chi connectivity index (χ2v) is 9.26. The molecule has 1 N–H and O–H groups in total. The molecule has 0 radical (unpaired) electrons. The zero-order valence-electron chi connectivity index (χ0n) is 17.8. The molecule has 1 aliphatic carbocycles. The van der Waals surface area contributed by atoms with Gasteiger partial charge in [-0.3, -0.25) is 9.36 Å². The van der Waals surface area contributed by atoms with Crippen molar-refractivity contribution in [2.75, 3.05) is 29.1 Å². The van der Waals surface area contributed by atoms with Crippen molar-refractivity contribution < 1.29 is 4.79 Å². The van der Waals surface area contributed by atoms with Crippen molar-refractivity contribution in [2.24, 2.45) is 0 Å². The minimum atomic E-state index is -0.0240. The molecule has 3 aromatic rings. The Bertz CT molecular complexity index is 1090. The maximum absolute atomic E-state index is 12.6. The summed E-state index contributed by atoms with van der Waals surface area (Å²) >= 11 is 1.43.